The molecule has 0 heterocycles. The van der Waals surface area contributed by atoms with E-state index in [1.807, 2.05) is 0 Å². The van der Waals surface area contributed by atoms with Gasteiger partial charge in [-0.2, -0.15) is 67.2 Å². The molecule has 0 saturated carbocycles. The van der Waals surface area contributed by atoms with Crippen LogP contribution in [0.15, 0.2) is 75.9 Å². The monoisotopic (exact) mass is 1330 g/mol. The predicted molar refractivity (Wildman–Crippen MR) is 336 cm³/mol. The molecule has 504 valence electrons. The minimum atomic E-state index is -5.01. The van der Waals surface area contributed by atoms with Gasteiger partial charge in [-0.1, -0.05) is 75.9 Å². The van der Waals surface area contributed by atoms with Gasteiger partial charge in [0, 0.05) is 32.4 Å². The SMILES string of the molecule is C=CCOC(=O)CCC(NC(=O)N[C@@H](CCCCNC(=O)C(F)(F)F)C(=O)OCC=C)C(=O)OCC=C.C=CCOC(=O)CCC(NC(=O)N[C@@H](CCCCNCCCOCCO)C(=O)OCC=C)C(=O)OCC=C.O=CCCOCCO.S.S.S.S. The molecule has 26 nitrogen and oxygen atoms in total. The first-order valence-electron chi connectivity index (χ1n) is 26.4. The molecule has 0 aliphatic rings. The number of hydrogen-bond donors (Lipinski definition) is 8. The van der Waals surface area contributed by atoms with Crippen LogP contribution in [-0.4, -0.2) is 200 Å². The molecule has 8 N–H and O–H groups in total. The molecular formula is C54H93F3N6O20S4. The van der Waals surface area contributed by atoms with Crippen molar-refractivity contribution in [3.63, 3.8) is 0 Å². The Morgan fingerprint density at radius 3 is 1.09 bits per heavy atom. The Morgan fingerprint density at radius 2 is 0.759 bits per heavy atom. The van der Waals surface area contributed by atoms with Gasteiger partial charge in [-0.05, 0) is 70.9 Å². The van der Waals surface area contributed by atoms with E-state index in [-0.39, 0.29) is 158 Å². The van der Waals surface area contributed by atoms with Crippen molar-refractivity contribution in [3.8, 4) is 0 Å². The molecule has 0 spiro atoms. The molecule has 0 aromatic heterocycles. The molecular weight excluding hydrogens is 1240 g/mol. The lowest BCUT2D eigenvalue weighted by Crippen LogP contribution is -2.52. The van der Waals surface area contributed by atoms with Crippen LogP contribution in [0.1, 0.15) is 77.0 Å². The van der Waals surface area contributed by atoms with Crippen molar-refractivity contribution < 1.29 is 109 Å². The number of urea groups is 2. The lowest BCUT2D eigenvalue weighted by Gasteiger charge is -2.21. The number of esters is 6. The second-order valence-corrected chi connectivity index (χ2v) is 16.6. The van der Waals surface area contributed by atoms with Crippen molar-refractivity contribution in [2.24, 2.45) is 0 Å². The van der Waals surface area contributed by atoms with E-state index in [1.54, 1.807) is 5.32 Å². The molecule has 5 amide bonds. The van der Waals surface area contributed by atoms with Crippen LogP contribution in [0.2, 0.25) is 0 Å². The number of halogens is 3. The lowest BCUT2D eigenvalue weighted by atomic mass is 10.1. The number of unbranched alkanes of at least 4 members (excludes halogenated alkanes) is 2. The van der Waals surface area contributed by atoms with Gasteiger partial charge in [0.05, 0.1) is 33.0 Å². The summed E-state index contributed by atoms with van der Waals surface area (Å²) in [5.41, 5.74) is 0. The first-order valence-corrected chi connectivity index (χ1v) is 26.4. The Hall–Kier alpha value is -6.07. The van der Waals surface area contributed by atoms with E-state index < -0.39 is 84.1 Å². The predicted octanol–water partition coefficient (Wildman–Crippen LogP) is 3.02. The summed E-state index contributed by atoms with van der Waals surface area (Å²) in [4.78, 5) is 119. The zero-order valence-electron chi connectivity index (χ0n) is 49.1. The summed E-state index contributed by atoms with van der Waals surface area (Å²) in [5.74, 6) is -6.40. The zero-order chi connectivity index (χ0) is 62.9. The maximum absolute atomic E-state index is 12.7. The van der Waals surface area contributed by atoms with Crippen LogP contribution in [-0.2, 0) is 76.3 Å². The largest absolute Gasteiger partial charge is 0.471 e. The van der Waals surface area contributed by atoms with Gasteiger partial charge in [-0.15, -0.1) is 0 Å². The highest BCUT2D eigenvalue weighted by Gasteiger charge is 2.38. The number of rotatable bonds is 47. The molecule has 0 radical (unpaired) electrons. The van der Waals surface area contributed by atoms with E-state index in [0.29, 0.717) is 52.2 Å². The van der Waals surface area contributed by atoms with E-state index >= 15 is 0 Å². The van der Waals surface area contributed by atoms with Crippen LogP contribution in [0, 0.1) is 0 Å². The summed E-state index contributed by atoms with van der Waals surface area (Å²) in [5, 5.41) is 31.4. The van der Waals surface area contributed by atoms with Crippen LogP contribution >= 0.6 is 54.0 Å². The van der Waals surface area contributed by atoms with Crippen LogP contribution in [0.4, 0.5) is 22.8 Å². The molecule has 87 heavy (non-hydrogen) atoms. The Balaban J connectivity index is -0.000000250. The van der Waals surface area contributed by atoms with E-state index in [9.17, 15) is 61.1 Å². The van der Waals surface area contributed by atoms with E-state index in [2.05, 4.69) is 66.1 Å². The minimum absolute atomic E-state index is 0. The van der Waals surface area contributed by atoms with Gasteiger partial charge in [0.2, 0.25) is 0 Å². The summed E-state index contributed by atoms with van der Waals surface area (Å²) >= 11 is 0. The molecule has 0 aromatic carbocycles. The molecule has 0 fully saturated rings. The van der Waals surface area contributed by atoms with Gasteiger partial charge in [-0.3, -0.25) is 14.4 Å². The van der Waals surface area contributed by atoms with Gasteiger partial charge < -0.3 is 84.8 Å². The first kappa shape index (κ1) is 94.6. The van der Waals surface area contributed by atoms with Gasteiger partial charge in [0.25, 0.3) is 0 Å². The fourth-order valence-electron chi connectivity index (χ4n) is 5.91. The fraction of sp³-hybridized carbons (Fsp3) is 0.593. The van der Waals surface area contributed by atoms with Crippen LogP contribution in [0.5, 0.6) is 0 Å². The number of aldehydes is 1. The number of nitrogens with one attached hydrogen (secondary N) is 6. The number of amides is 5. The summed E-state index contributed by atoms with van der Waals surface area (Å²) in [6.45, 7) is 23.1. The van der Waals surface area contributed by atoms with E-state index in [0.717, 1.165) is 25.7 Å². The third-order valence-corrected chi connectivity index (χ3v) is 9.78. The van der Waals surface area contributed by atoms with Crippen molar-refractivity contribution in [3.05, 3.63) is 75.9 Å². The standard InChI is InChI=1S/C26H43N3O9.C23H32F3N3O8.C5H10O3.4H2S/c1-4-16-36-23(31)12-11-22(25(33)38-18-6-3)29-26(34)28-21(24(32)37-17-5-2)10-7-8-13-27-14-9-19-35-20-15-30;1-4-13-35-18(30)11-10-17(20(32)37-15-6-3)29-22(34)28-16(19(31)36-14-5-2)9-7-8-12-27-21(33)23(24,25)26;6-2-1-4-8-5-3-7;;;;/h4-6,21-22,27,30H,1-3,7-20H2,(H2,28,29,34);4-6,16-17H,1-3,7-15H2,(H,27,33)(H2,28,29,34);2,7H,1,3-5H2;4*1H2/t21-,22?;16-,17?;;;;;/m00...../s1. The van der Waals surface area contributed by atoms with Crippen molar-refractivity contribution in [2.75, 3.05) is 98.9 Å². The second-order valence-electron chi connectivity index (χ2n) is 16.6. The lowest BCUT2D eigenvalue weighted by molar-refractivity contribution is -0.173. The van der Waals surface area contributed by atoms with Crippen LogP contribution in [0.3, 0.4) is 0 Å². The Kier molecular flexibility index (Phi) is 71.7. The molecule has 0 aliphatic carbocycles. The second kappa shape index (κ2) is 65.9. The van der Waals surface area contributed by atoms with E-state index in [4.69, 9.17) is 48.1 Å². The molecule has 0 aliphatic heterocycles. The van der Waals surface area contributed by atoms with Crippen molar-refractivity contribution in [2.45, 2.75) is 107 Å². The third kappa shape index (κ3) is 58.7. The average Bonchev–Trinajstić information content (AvgIpc) is 3.68. The Labute approximate surface area is 535 Å². The Morgan fingerprint density at radius 1 is 0.437 bits per heavy atom. The van der Waals surface area contributed by atoms with E-state index in [1.165, 1.54) is 36.5 Å². The highest BCUT2D eigenvalue weighted by atomic mass is 32.1. The normalized spacial score (nSPS) is 11.2. The molecule has 2 unspecified atom stereocenters. The number of aliphatic hydroxyl groups excluding tert-OH is 2. The van der Waals surface area contributed by atoms with Crippen molar-refractivity contribution >= 4 is 114 Å². The fourth-order valence-corrected chi connectivity index (χ4v) is 5.91. The molecule has 0 saturated heterocycles. The highest BCUT2D eigenvalue weighted by molar-refractivity contribution is 7.59. The molecule has 0 bridgehead atoms. The quantitative estimate of drug-likeness (QED) is 0.0143. The zero-order valence-corrected chi connectivity index (χ0v) is 53.1. The summed E-state index contributed by atoms with van der Waals surface area (Å²) in [6.07, 6.45) is 6.34. The minimum Gasteiger partial charge on any atom is -0.461 e. The average molecular weight is 1330 g/mol. The maximum atomic E-state index is 12.7. The smallest absolute Gasteiger partial charge is 0.461 e. The number of alkyl halides is 3. The van der Waals surface area contributed by atoms with Crippen LogP contribution < -0.4 is 31.9 Å². The maximum Gasteiger partial charge on any atom is 0.471 e. The third-order valence-electron chi connectivity index (χ3n) is 9.78. The summed E-state index contributed by atoms with van der Waals surface area (Å²) < 4.78 is 76.3. The van der Waals surface area contributed by atoms with Gasteiger partial charge in [0.15, 0.2) is 0 Å². The molecule has 0 aromatic rings. The van der Waals surface area contributed by atoms with Gasteiger partial charge in [0.1, 0.15) is 70.1 Å². The van der Waals surface area contributed by atoms with Crippen molar-refractivity contribution in [1.82, 2.24) is 31.9 Å². The number of aliphatic hydroxyl groups is 2. The van der Waals surface area contributed by atoms with Gasteiger partial charge in [-0.25, -0.2) is 28.8 Å². The number of carbonyl (C=O) groups is 10. The van der Waals surface area contributed by atoms with Crippen molar-refractivity contribution in [1.29, 1.82) is 0 Å². The Bertz CT molecular complexity index is 1970. The number of ether oxygens (including phenoxy) is 8. The topological polar surface area (TPSA) is 357 Å². The molecule has 4 atom stereocenters. The van der Waals surface area contributed by atoms with Gasteiger partial charge >= 0.3 is 60.0 Å². The summed E-state index contributed by atoms with van der Waals surface area (Å²) in [7, 11) is 0. The molecule has 0 rings (SSSR count). The molecule has 33 heteroatoms. The first-order chi connectivity index (χ1) is 39.8. The van der Waals surface area contributed by atoms with Crippen LogP contribution in [0.25, 0.3) is 0 Å². The number of carbonyl (C=O) groups excluding carboxylic acids is 10. The number of hydrogen-bond acceptors (Lipinski definition) is 21. The summed E-state index contributed by atoms with van der Waals surface area (Å²) in [6, 6.07) is -6.37. The highest BCUT2D eigenvalue weighted by Crippen LogP contribution is 2.14.